The zero-order valence-electron chi connectivity index (χ0n) is 22.3. The molecule has 13 nitrogen and oxygen atoms in total. The molecular formula is C28H32N6O7. The highest BCUT2D eigenvalue weighted by Crippen LogP contribution is 2.24. The maximum Gasteiger partial charge on any atom is 0.358 e. The lowest BCUT2D eigenvalue weighted by molar-refractivity contribution is -0.154. The van der Waals surface area contributed by atoms with Gasteiger partial charge in [-0.1, -0.05) is 48.5 Å². The second-order valence-corrected chi connectivity index (χ2v) is 9.44. The number of nitrogens with zero attached hydrogens (tertiary/aromatic N) is 3. The van der Waals surface area contributed by atoms with E-state index in [0.29, 0.717) is 25.0 Å². The number of hydrogen-bond donors (Lipinski definition) is 4. The summed E-state index contributed by atoms with van der Waals surface area (Å²) in [5.41, 5.74) is 6.47. The minimum Gasteiger partial charge on any atom is -0.481 e. The Kier molecular flexibility index (Phi) is 9.89. The Morgan fingerprint density at radius 2 is 1.71 bits per heavy atom. The quantitative estimate of drug-likeness (QED) is 0.236. The Bertz CT molecular complexity index is 1290. The summed E-state index contributed by atoms with van der Waals surface area (Å²) in [6, 6.07) is 16.1. The first-order valence-electron chi connectivity index (χ1n) is 13.2. The highest BCUT2D eigenvalue weighted by atomic mass is 16.6. The average molecular weight is 565 g/mol. The third kappa shape index (κ3) is 7.82. The molecule has 0 spiro atoms. The molecule has 0 saturated carbocycles. The number of carboxylic acids is 1. The van der Waals surface area contributed by atoms with Crippen molar-refractivity contribution < 1.29 is 33.9 Å². The number of benzene rings is 2. The van der Waals surface area contributed by atoms with E-state index in [1.54, 1.807) is 30.3 Å². The van der Waals surface area contributed by atoms with Crippen LogP contribution in [0.3, 0.4) is 0 Å². The molecule has 2 aromatic carbocycles. The van der Waals surface area contributed by atoms with Crippen LogP contribution in [0.2, 0.25) is 0 Å². The monoisotopic (exact) mass is 564 g/mol. The van der Waals surface area contributed by atoms with Crippen molar-refractivity contribution in [1.82, 2.24) is 31.2 Å². The van der Waals surface area contributed by atoms with Gasteiger partial charge in [-0.25, -0.2) is 19.8 Å². The van der Waals surface area contributed by atoms with Gasteiger partial charge in [0, 0.05) is 30.4 Å². The second kappa shape index (κ2) is 13.9. The van der Waals surface area contributed by atoms with E-state index in [4.69, 9.17) is 4.84 Å². The molecule has 2 fully saturated rings. The number of hydrazine groups is 2. The average Bonchev–Trinajstić information content (AvgIpc) is 3.09. The van der Waals surface area contributed by atoms with E-state index in [2.05, 4.69) is 16.2 Å². The molecule has 0 bridgehead atoms. The predicted molar refractivity (Wildman–Crippen MR) is 145 cm³/mol. The number of carboxylic acid groups (broad SMARTS) is 1. The fraction of sp³-hybridized carbons (Fsp3) is 0.321. The summed E-state index contributed by atoms with van der Waals surface area (Å²) in [5.74, 6) is -2.78. The van der Waals surface area contributed by atoms with Crippen LogP contribution in [0.4, 0.5) is 4.79 Å². The van der Waals surface area contributed by atoms with E-state index >= 15 is 0 Å². The Labute approximate surface area is 236 Å². The van der Waals surface area contributed by atoms with Gasteiger partial charge in [0.2, 0.25) is 11.8 Å². The normalized spacial score (nSPS) is 17.4. The van der Waals surface area contributed by atoms with Crippen molar-refractivity contribution in [2.24, 2.45) is 0 Å². The SMILES string of the molecule is O=C(O)C/C(=C/NOCCc1ccccc1)NC(=O)C1CCCN2C(=O)CCN(NC(=O)c3ccccc3)C(=O)N12. The molecule has 41 heavy (non-hydrogen) atoms. The highest BCUT2D eigenvalue weighted by Gasteiger charge is 2.44. The molecule has 2 heterocycles. The topological polar surface area (TPSA) is 161 Å². The molecule has 2 aromatic rings. The maximum absolute atomic E-state index is 13.6. The molecule has 2 aliphatic rings. The van der Waals surface area contributed by atoms with Gasteiger partial charge in [0.1, 0.15) is 6.04 Å². The second-order valence-electron chi connectivity index (χ2n) is 9.44. The van der Waals surface area contributed by atoms with Gasteiger partial charge in [0.25, 0.3) is 5.91 Å². The van der Waals surface area contributed by atoms with E-state index < -0.39 is 36.3 Å². The summed E-state index contributed by atoms with van der Waals surface area (Å²) < 4.78 is 0. The van der Waals surface area contributed by atoms with Gasteiger partial charge in [-0.15, -0.1) is 0 Å². The van der Waals surface area contributed by atoms with E-state index in [0.717, 1.165) is 15.6 Å². The van der Waals surface area contributed by atoms with E-state index in [9.17, 15) is 29.1 Å². The molecule has 13 heteroatoms. The van der Waals surface area contributed by atoms with Gasteiger partial charge in [-0.05, 0) is 37.0 Å². The van der Waals surface area contributed by atoms with E-state index in [-0.39, 0.29) is 37.5 Å². The van der Waals surface area contributed by atoms with Crippen molar-refractivity contribution >= 4 is 29.7 Å². The lowest BCUT2D eigenvalue weighted by atomic mass is 10.1. The van der Waals surface area contributed by atoms with Crippen LogP contribution in [-0.4, -0.2) is 75.6 Å². The molecule has 1 unspecified atom stereocenters. The Morgan fingerprint density at radius 3 is 2.41 bits per heavy atom. The maximum atomic E-state index is 13.6. The molecule has 0 aliphatic carbocycles. The van der Waals surface area contributed by atoms with Gasteiger partial charge in [-0.2, -0.15) is 0 Å². The molecular weight excluding hydrogens is 532 g/mol. The van der Waals surface area contributed by atoms with Crippen LogP contribution in [0.5, 0.6) is 0 Å². The zero-order chi connectivity index (χ0) is 29.2. The van der Waals surface area contributed by atoms with Crippen molar-refractivity contribution in [3.05, 3.63) is 83.7 Å². The smallest absolute Gasteiger partial charge is 0.358 e. The van der Waals surface area contributed by atoms with Gasteiger partial charge in [0.15, 0.2) is 0 Å². The molecule has 5 amide bonds. The Morgan fingerprint density at radius 1 is 1.00 bits per heavy atom. The van der Waals surface area contributed by atoms with Crippen molar-refractivity contribution in [1.29, 1.82) is 0 Å². The van der Waals surface area contributed by atoms with Crippen LogP contribution in [0.25, 0.3) is 0 Å². The summed E-state index contributed by atoms with van der Waals surface area (Å²) in [7, 11) is 0. The summed E-state index contributed by atoms with van der Waals surface area (Å²) in [5, 5.41) is 15.2. The molecule has 4 rings (SSSR count). The van der Waals surface area contributed by atoms with Gasteiger partial charge in [0.05, 0.1) is 19.6 Å². The number of aliphatic carboxylic acids is 1. The predicted octanol–water partition coefficient (Wildman–Crippen LogP) is 1.56. The number of hydrogen-bond acceptors (Lipinski definition) is 7. The first-order chi connectivity index (χ1) is 19.8. The third-order valence-corrected chi connectivity index (χ3v) is 6.52. The minimum absolute atomic E-state index is 0.00201. The number of urea groups is 1. The number of nitrogens with one attached hydrogen (secondary N) is 3. The van der Waals surface area contributed by atoms with Crippen molar-refractivity contribution in [2.75, 3.05) is 19.7 Å². The first kappa shape index (κ1) is 29.1. The molecule has 0 radical (unpaired) electrons. The van der Waals surface area contributed by atoms with Crippen LogP contribution < -0.4 is 16.2 Å². The van der Waals surface area contributed by atoms with Crippen LogP contribution in [0, 0.1) is 0 Å². The Hall–Kier alpha value is -4.91. The third-order valence-electron chi connectivity index (χ3n) is 6.52. The largest absolute Gasteiger partial charge is 0.481 e. The zero-order valence-corrected chi connectivity index (χ0v) is 22.3. The lowest BCUT2D eigenvalue weighted by Gasteiger charge is -2.42. The van der Waals surface area contributed by atoms with Crippen molar-refractivity contribution in [2.45, 2.75) is 38.1 Å². The summed E-state index contributed by atoms with van der Waals surface area (Å²) in [4.78, 5) is 69.3. The Balaban J connectivity index is 1.43. The highest BCUT2D eigenvalue weighted by molar-refractivity contribution is 5.96. The minimum atomic E-state index is -1.19. The van der Waals surface area contributed by atoms with Gasteiger partial charge >= 0.3 is 12.0 Å². The number of carbonyl (C=O) groups is 5. The molecule has 1 atom stereocenters. The van der Waals surface area contributed by atoms with E-state index in [1.807, 2.05) is 30.3 Å². The van der Waals surface area contributed by atoms with Gasteiger partial charge in [-0.3, -0.25) is 34.9 Å². The molecule has 0 aromatic heterocycles. The number of rotatable bonds is 11. The van der Waals surface area contributed by atoms with Crippen molar-refractivity contribution in [3.63, 3.8) is 0 Å². The van der Waals surface area contributed by atoms with Gasteiger partial charge < -0.3 is 10.4 Å². The van der Waals surface area contributed by atoms with E-state index in [1.165, 1.54) is 11.2 Å². The first-order valence-corrected chi connectivity index (χ1v) is 13.2. The number of amides is 5. The summed E-state index contributed by atoms with van der Waals surface area (Å²) >= 11 is 0. The summed E-state index contributed by atoms with van der Waals surface area (Å²) in [6.45, 7) is 0.441. The fourth-order valence-electron chi connectivity index (χ4n) is 4.51. The molecule has 4 N–H and O–H groups in total. The fourth-order valence-corrected chi connectivity index (χ4v) is 4.51. The number of fused-ring (bicyclic) bond motifs is 1. The number of hydroxylamine groups is 1. The summed E-state index contributed by atoms with van der Waals surface area (Å²) in [6.07, 6.45) is 1.94. The van der Waals surface area contributed by atoms with Crippen molar-refractivity contribution in [3.8, 4) is 0 Å². The number of carbonyl (C=O) groups excluding carboxylic acids is 4. The lowest BCUT2D eigenvalue weighted by Crippen LogP contribution is -2.64. The molecule has 2 saturated heterocycles. The van der Waals surface area contributed by atoms with Crippen LogP contribution in [0.15, 0.2) is 72.6 Å². The molecule has 216 valence electrons. The molecule has 2 aliphatic heterocycles. The van der Waals surface area contributed by atoms with Crippen LogP contribution in [-0.2, 0) is 25.6 Å². The standard InChI is InChI=1S/C28H32N6O7/c35-24-13-16-32(31-26(38)21-10-5-2-6-11-21)28(40)34-23(12-7-15-33(24)34)27(39)30-22(18-25(36)37)19-29-41-17-14-20-8-3-1-4-9-20/h1-6,8-11,19,23,29H,7,12-18H2,(H,30,39)(H,31,38)(H,36,37)/b22-19-. The van der Waals surface area contributed by atoms with Crippen LogP contribution >= 0.6 is 0 Å². The van der Waals surface area contributed by atoms with Crippen LogP contribution in [0.1, 0.15) is 41.6 Å².